The van der Waals surface area contributed by atoms with E-state index in [1.54, 1.807) is 24.3 Å². The van der Waals surface area contributed by atoms with Crippen molar-refractivity contribution >= 4 is 23.7 Å². The first-order valence-corrected chi connectivity index (χ1v) is 7.53. The van der Waals surface area contributed by atoms with Crippen molar-refractivity contribution in [2.75, 3.05) is 11.9 Å². The molecule has 0 atom stereocenters. The van der Waals surface area contributed by atoms with Crippen LogP contribution in [0.15, 0.2) is 53.6 Å². The molecule has 6 nitrogen and oxygen atoms in total. The fourth-order valence-electron chi connectivity index (χ4n) is 1.97. The number of carbonyl (C=O) groups is 2. The smallest absolute Gasteiger partial charge is 0.329 e. The van der Waals surface area contributed by atoms with Crippen LogP contribution in [0.3, 0.4) is 0 Å². The molecule has 0 bridgehead atoms. The highest BCUT2D eigenvalue weighted by Crippen LogP contribution is 2.23. The number of nitrogens with one attached hydrogen (secondary N) is 2. The second-order valence-electron chi connectivity index (χ2n) is 4.94. The molecular formula is C18H19N3O3. The number of hydrogen-bond donors (Lipinski definition) is 2. The molecule has 0 spiro atoms. The summed E-state index contributed by atoms with van der Waals surface area (Å²) in [4.78, 5) is 23.7. The quantitative estimate of drug-likeness (QED) is 0.503. The molecule has 24 heavy (non-hydrogen) atoms. The standard InChI is InChI=1S/C18H19N3O3/c1-3-24-16-11-7-6-10-15(16)20-17(22)18(23)21-19-12-14-9-5-4-8-13(14)2/h4-12H,3H2,1-2H3,(H,20,22)(H,21,23)/b19-12-. The maximum absolute atomic E-state index is 11.9. The number of rotatable bonds is 5. The summed E-state index contributed by atoms with van der Waals surface area (Å²) in [6.45, 7) is 4.23. The molecule has 0 fully saturated rings. The zero-order valence-corrected chi connectivity index (χ0v) is 13.6. The third kappa shape index (κ3) is 4.67. The molecule has 124 valence electrons. The Morgan fingerprint density at radius 3 is 2.54 bits per heavy atom. The van der Waals surface area contributed by atoms with Gasteiger partial charge in [0.05, 0.1) is 18.5 Å². The number of anilines is 1. The Morgan fingerprint density at radius 1 is 1.08 bits per heavy atom. The van der Waals surface area contributed by atoms with Gasteiger partial charge in [-0.15, -0.1) is 0 Å². The molecule has 6 heteroatoms. The highest BCUT2D eigenvalue weighted by Gasteiger charge is 2.15. The van der Waals surface area contributed by atoms with Crippen LogP contribution in [0.4, 0.5) is 5.69 Å². The molecule has 2 N–H and O–H groups in total. The van der Waals surface area contributed by atoms with Gasteiger partial charge in [0.2, 0.25) is 0 Å². The lowest BCUT2D eigenvalue weighted by Crippen LogP contribution is -2.32. The van der Waals surface area contributed by atoms with Crippen LogP contribution in [0.25, 0.3) is 0 Å². The third-order valence-corrected chi connectivity index (χ3v) is 3.20. The summed E-state index contributed by atoms with van der Waals surface area (Å²) in [5, 5.41) is 6.31. The summed E-state index contributed by atoms with van der Waals surface area (Å²) in [5.74, 6) is -1.17. The van der Waals surface area contributed by atoms with Gasteiger partial charge in [-0.25, -0.2) is 5.43 Å². The highest BCUT2D eigenvalue weighted by atomic mass is 16.5. The van der Waals surface area contributed by atoms with Gasteiger partial charge in [0, 0.05) is 0 Å². The van der Waals surface area contributed by atoms with E-state index in [9.17, 15) is 9.59 Å². The zero-order chi connectivity index (χ0) is 17.4. The molecule has 0 aromatic heterocycles. The second-order valence-corrected chi connectivity index (χ2v) is 4.94. The normalized spacial score (nSPS) is 10.4. The molecule has 2 aromatic rings. The van der Waals surface area contributed by atoms with Gasteiger partial charge < -0.3 is 10.1 Å². The summed E-state index contributed by atoms with van der Waals surface area (Å²) in [7, 11) is 0. The monoisotopic (exact) mass is 325 g/mol. The van der Waals surface area contributed by atoms with Crippen LogP contribution in [0.2, 0.25) is 0 Å². The van der Waals surface area contributed by atoms with Crippen LogP contribution in [0.5, 0.6) is 5.75 Å². The SMILES string of the molecule is CCOc1ccccc1NC(=O)C(=O)N/N=C\c1ccccc1C. The van der Waals surface area contributed by atoms with E-state index in [0.29, 0.717) is 18.0 Å². The van der Waals surface area contributed by atoms with Crippen LogP contribution in [-0.4, -0.2) is 24.6 Å². The molecule has 0 aliphatic rings. The van der Waals surface area contributed by atoms with Crippen molar-refractivity contribution < 1.29 is 14.3 Å². The molecule has 0 unspecified atom stereocenters. The summed E-state index contributed by atoms with van der Waals surface area (Å²) in [6, 6.07) is 14.5. The summed E-state index contributed by atoms with van der Waals surface area (Å²) < 4.78 is 5.39. The van der Waals surface area contributed by atoms with Crippen LogP contribution in [0.1, 0.15) is 18.1 Å². The van der Waals surface area contributed by atoms with E-state index in [-0.39, 0.29) is 0 Å². The van der Waals surface area contributed by atoms with Crippen molar-refractivity contribution in [1.82, 2.24) is 5.43 Å². The maximum Gasteiger partial charge on any atom is 0.329 e. The molecule has 0 heterocycles. The van der Waals surface area contributed by atoms with E-state index in [1.165, 1.54) is 6.21 Å². The summed E-state index contributed by atoms with van der Waals surface area (Å²) in [6.07, 6.45) is 1.49. The molecule has 2 aromatic carbocycles. The van der Waals surface area contributed by atoms with Gasteiger partial charge in [-0.1, -0.05) is 36.4 Å². The van der Waals surface area contributed by atoms with E-state index in [2.05, 4.69) is 15.8 Å². The van der Waals surface area contributed by atoms with Crippen LogP contribution >= 0.6 is 0 Å². The molecule has 0 saturated heterocycles. The molecule has 0 saturated carbocycles. The Morgan fingerprint density at radius 2 is 1.79 bits per heavy atom. The average molecular weight is 325 g/mol. The van der Waals surface area contributed by atoms with Crippen molar-refractivity contribution in [3.05, 3.63) is 59.7 Å². The lowest BCUT2D eigenvalue weighted by atomic mass is 10.1. The lowest BCUT2D eigenvalue weighted by Gasteiger charge is -2.10. The topological polar surface area (TPSA) is 79.8 Å². The maximum atomic E-state index is 11.9. The van der Waals surface area contributed by atoms with Crippen LogP contribution in [0, 0.1) is 6.92 Å². The number of hydrazone groups is 1. The van der Waals surface area contributed by atoms with Crippen LogP contribution in [-0.2, 0) is 9.59 Å². The van der Waals surface area contributed by atoms with Crippen molar-refractivity contribution in [1.29, 1.82) is 0 Å². The Hall–Kier alpha value is -3.15. The minimum atomic E-state index is -0.855. The van der Waals surface area contributed by atoms with Gasteiger partial charge in [0.25, 0.3) is 0 Å². The second kappa shape index (κ2) is 8.47. The van der Waals surface area contributed by atoms with Gasteiger partial charge in [-0.2, -0.15) is 5.10 Å². The molecule has 0 aliphatic carbocycles. The Labute approximate surface area is 140 Å². The molecule has 2 rings (SSSR count). The number of amides is 2. The molecule has 0 radical (unpaired) electrons. The van der Waals surface area contributed by atoms with Gasteiger partial charge >= 0.3 is 11.8 Å². The van der Waals surface area contributed by atoms with E-state index in [4.69, 9.17) is 4.74 Å². The van der Waals surface area contributed by atoms with E-state index in [0.717, 1.165) is 11.1 Å². The Balaban J connectivity index is 1.96. The number of ether oxygens (including phenoxy) is 1. The Bertz CT molecular complexity index is 757. The number of benzene rings is 2. The predicted octanol–water partition coefficient (Wildman–Crippen LogP) is 2.48. The van der Waals surface area contributed by atoms with E-state index in [1.807, 2.05) is 38.1 Å². The van der Waals surface area contributed by atoms with Crippen molar-refractivity contribution in [2.45, 2.75) is 13.8 Å². The summed E-state index contributed by atoms with van der Waals surface area (Å²) >= 11 is 0. The fraction of sp³-hybridized carbons (Fsp3) is 0.167. The minimum absolute atomic E-state index is 0.433. The molecule has 2 amide bonds. The first kappa shape index (κ1) is 17.2. The van der Waals surface area contributed by atoms with Gasteiger partial charge in [0.1, 0.15) is 5.75 Å². The van der Waals surface area contributed by atoms with Crippen LogP contribution < -0.4 is 15.5 Å². The number of para-hydroxylation sites is 2. The number of nitrogens with zero attached hydrogens (tertiary/aromatic N) is 1. The number of carbonyl (C=O) groups excluding carboxylic acids is 2. The third-order valence-electron chi connectivity index (χ3n) is 3.20. The molecular weight excluding hydrogens is 306 g/mol. The number of hydrogen-bond acceptors (Lipinski definition) is 4. The average Bonchev–Trinajstić information content (AvgIpc) is 2.58. The van der Waals surface area contributed by atoms with E-state index < -0.39 is 11.8 Å². The van der Waals surface area contributed by atoms with E-state index >= 15 is 0 Å². The van der Waals surface area contributed by atoms with Crippen molar-refractivity contribution in [3.8, 4) is 5.75 Å². The molecule has 0 aliphatic heterocycles. The largest absolute Gasteiger partial charge is 0.492 e. The summed E-state index contributed by atoms with van der Waals surface area (Å²) in [5.41, 5.74) is 4.52. The van der Waals surface area contributed by atoms with Crippen molar-refractivity contribution in [3.63, 3.8) is 0 Å². The predicted molar refractivity (Wildman–Crippen MR) is 93.2 cm³/mol. The first-order valence-electron chi connectivity index (χ1n) is 7.53. The lowest BCUT2D eigenvalue weighted by molar-refractivity contribution is -0.136. The van der Waals surface area contributed by atoms with Crippen molar-refractivity contribution in [2.24, 2.45) is 5.10 Å². The van der Waals surface area contributed by atoms with Gasteiger partial charge in [0.15, 0.2) is 0 Å². The fourth-order valence-corrected chi connectivity index (χ4v) is 1.97. The zero-order valence-electron chi connectivity index (χ0n) is 13.6. The Kier molecular flexibility index (Phi) is 6.08. The van der Waals surface area contributed by atoms with Gasteiger partial charge in [-0.05, 0) is 37.1 Å². The highest BCUT2D eigenvalue weighted by molar-refractivity contribution is 6.39. The number of aryl methyl sites for hydroxylation is 1. The first-order chi connectivity index (χ1) is 11.6. The minimum Gasteiger partial charge on any atom is -0.492 e. The van der Waals surface area contributed by atoms with Gasteiger partial charge in [-0.3, -0.25) is 9.59 Å².